The van der Waals surface area contributed by atoms with E-state index >= 15 is 0 Å². The lowest BCUT2D eigenvalue weighted by Gasteiger charge is -1.93. The highest BCUT2D eigenvalue weighted by atomic mass is 32.1. The number of hydrogen-bond donors (Lipinski definition) is 0. The molecule has 0 fully saturated rings. The Balaban J connectivity index is 2.90. The molecule has 62 valence electrons. The third-order valence-electron chi connectivity index (χ3n) is 1.43. The Labute approximate surface area is 76.8 Å². The van der Waals surface area contributed by atoms with Crippen LogP contribution in [0.3, 0.4) is 0 Å². The highest BCUT2D eigenvalue weighted by Crippen LogP contribution is 2.18. The molecular weight excluding hydrogens is 166 g/mol. The predicted molar refractivity (Wildman–Crippen MR) is 56.7 cm³/mol. The van der Waals surface area contributed by atoms with Crippen LogP contribution in [0.15, 0.2) is 40.0 Å². The summed E-state index contributed by atoms with van der Waals surface area (Å²) in [5.74, 6) is 0. The third kappa shape index (κ3) is 2.17. The average Bonchev–Trinajstić information content (AvgIpc) is 2.59. The number of rotatable bonds is 3. The monoisotopic (exact) mass is 177 g/mol. The molecule has 0 aliphatic rings. The zero-order chi connectivity index (χ0) is 8.81. The van der Waals surface area contributed by atoms with Crippen molar-refractivity contribution in [3.63, 3.8) is 0 Å². The molecule has 0 bridgehead atoms. The number of allylic oxidation sites excluding steroid dienone is 3. The highest BCUT2D eigenvalue weighted by Gasteiger charge is 1.95. The van der Waals surface area contributed by atoms with Gasteiger partial charge < -0.3 is 0 Å². The van der Waals surface area contributed by atoms with E-state index in [1.807, 2.05) is 36.6 Å². The summed E-state index contributed by atoms with van der Waals surface area (Å²) < 4.78 is 0. The van der Waals surface area contributed by atoms with Crippen molar-refractivity contribution in [2.75, 3.05) is 0 Å². The van der Waals surface area contributed by atoms with Gasteiger partial charge in [0.2, 0.25) is 0 Å². The van der Waals surface area contributed by atoms with E-state index in [9.17, 15) is 0 Å². The van der Waals surface area contributed by atoms with Gasteiger partial charge in [0.25, 0.3) is 0 Å². The van der Waals surface area contributed by atoms with Gasteiger partial charge in [-0.1, -0.05) is 12.2 Å². The van der Waals surface area contributed by atoms with Crippen molar-refractivity contribution in [1.29, 1.82) is 0 Å². The standard InChI is InChI=1S/C10H11NS/c1-3-4-5-10(11-2)9-6-7-12-8-9/h3-8H,2H2,1H3/b4-3-,10-5-. The Morgan fingerprint density at radius 3 is 3.00 bits per heavy atom. The molecule has 2 heteroatoms. The van der Waals surface area contributed by atoms with Gasteiger partial charge in [-0.2, -0.15) is 11.3 Å². The van der Waals surface area contributed by atoms with Gasteiger partial charge in [-0.25, -0.2) is 0 Å². The minimum absolute atomic E-state index is 0.925. The average molecular weight is 177 g/mol. The molecule has 1 aromatic heterocycles. The van der Waals surface area contributed by atoms with E-state index in [4.69, 9.17) is 0 Å². The number of aliphatic imine (C=N–C) groups is 1. The van der Waals surface area contributed by atoms with Crippen LogP contribution in [0.5, 0.6) is 0 Å². The molecule has 0 aliphatic heterocycles. The summed E-state index contributed by atoms with van der Waals surface area (Å²) in [7, 11) is 0. The van der Waals surface area contributed by atoms with Gasteiger partial charge in [0.15, 0.2) is 0 Å². The second kappa shape index (κ2) is 4.67. The van der Waals surface area contributed by atoms with E-state index in [-0.39, 0.29) is 0 Å². The van der Waals surface area contributed by atoms with Crippen LogP contribution >= 0.6 is 11.3 Å². The van der Waals surface area contributed by atoms with Crippen LogP contribution in [0.4, 0.5) is 0 Å². The molecule has 0 atom stereocenters. The summed E-state index contributed by atoms with van der Waals surface area (Å²) in [6.07, 6.45) is 5.88. The Morgan fingerprint density at radius 1 is 1.67 bits per heavy atom. The van der Waals surface area contributed by atoms with Crippen LogP contribution < -0.4 is 0 Å². The lowest BCUT2D eigenvalue weighted by molar-refractivity contribution is 1.57. The highest BCUT2D eigenvalue weighted by molar-refractivity contribution is 7.08. The molecule has 0 aromatic carbocycles. The fourth-order valence-electron chi connectivity index (χ4n) is 0.838. The SMILES string of the molecule is C=N/C(=C\C=C/C)c1ccsc1. The van der Waals surface area contributed by atoms with Gasteiger partial charge in [-0.05, 0) is 31.2 Å². The van der Waals surface area contributed by atoms with Crippen LogP contribution in [-0.4, -0.2) is 6.72 Å². The third-order valence-corrected chi connectivity index (χ3v) is 2.12. The van der Waals surface area contributed by atoms with E-state index in [2.05, 4.69) is 17.1 Å². The zero-order valence-corrected chi connectivity index (χ0v) is 7.84. The summed E-state index contributed by atoms with van der Waals surface area (Å²) in [5, 5.41) is 4.09. The van der Waals surface area contributed by atoms with E-state index in [0.717, 1.165) is 11.3 Å². The molecule has 0 saturated heterocycles. The maximum Gasteiger partial charge on any atom is 0.0702 e. The summed E-state index contributed by atoms with van der Waals surface area (Å²) in [6.45, 7) is 5.50. The van der Waals surface area contributed by atoms with Crippen molar-refractivity contribution in [3.8, 4) is 0 Å². The van der Waals surface area contributed by atoms with Crippen molar-refractivity contribution >= 4 is 23.8 Å². The Bertz CT molecular complexity index is 294. The molecule has 0 amide bonds. The van der Waals surface area contributed by atoms with Crippen molar-refractivity contribution in [2.24, 2.45) is 4.99 Å². The second-order valence-electron chi connectivity index (χ2n) is 2.25. The van der Waals surface area contributed by atoms with E-state index in [1.165, 1.54) is 0 Å². The van der Waals surface area contributed by atoms with Crippen LogP contribution in [0.1, 0.15) is 12.5 Å². The molecule has 0 aliphatic carbocycles. The Morgan fingerprint density at radius 2 is 2.50 bits per heavy atom. The first kappa shape index (κ1) is 8.94. The topological polar surface area (TPSA) is 12.4 Å². The first-order valence-electron chi connectivity index (χ1n) is 3.70. The largest absolute Gasteiger partial charge is 0.264 e. The number of thiophene rings is 1. The van der Waals surface area contributed by atoms with Gasteiger partial charge in [0, 0.05) is 10.9 Å². The predicted octanol–water partition coefficient (Wildman–Crippen LogP) is 3.37. The maximum atomic E-state index is 3.93. The molecule has 0 radical (unpaired) electrons. The minimum Gasteiger partial charge on any atom is -0.264 e. The normalized spacial score (nSPS) is 12.2. The first-order chi connectivity index (χ1) is 5.88. The van der Waals surface area contributed by atoms with Gasteiger partial charge in [0.1, 0.15) is 0 Å². The number of hydrogen-bond acceptors (Lipinski definition) is 2. The Kier molecular flexibility index (Phi) is 3.48. The van der Waals surface area contributed by atoms with Gasteiger partial charge >= 0.3 is 0 Å². The zero-order valence-electron chi connectivity index (χ0n) is 7.03. The quantitative estimate of drug-likeness (QED) is 0.496. The lowest BCUT2D eigenvalue weighted by atomic mass is 10.2. The Hall–Kier alpha value is -1.15. The molecule has 0 N–H and O–H groups in total. The van der Waals surface area contributed by atoms with E-state index in [1.54, 1.807) is 11.3 Å². The summed E-state index contributed by atoms with van der Waals surface area (Å²) in [6, 6.07) is 2.04. The molecule has 1 rings (SSSR count). The summed E-state index contributed by atoms with van der Waals surface area (Å²) >= 11 is 1.66. The smallest absolute Gasteiger partial charge is 0.0702 e. The van der Waals surface area contributed by atoms with Crippen molar-refractivity contribution in [2.45, 2.75) is 6.92 Å². The van der Waals surface area contributed by atoms with Gasteiger partial charge in [-0.3, -0.25) is 4.99 Å². The molecule has 0 spiro atoms. The molecule has 0 unspecified atom stereocenters. The first-order valence-corrected chi connectivity index (χ1v) is 4.65. The molecule has 0 saturated carbocycles. The van der Waals surface area contributed by atoms with Crippen LogP contribution in [-0.2, 0) is 0 Å². The van der Waals surface area contributed by atoms with Crippen molar-refractivity contribution in [1.82, 2.24) is 0 Å². The van der Waals surface area contributed by atoms with E-state index in [0.29, 0.717) is 0 Å². The molecule has 1 heterocycles. The van der Waals surface area contributed by atoms with Crippen LogP contribution in [0, 0.1) is 0 Å². The van der Waals surface area contributed by atoms with Gasteiger partial charge in [0.05, 0.1) is 5.70 Å². The molecule has 12 heavy (non-hydrogen) atoms. The lowest BCUT2D eigenvalue weighted by Crippen LogP contribution is -1.73. The summed E-state index contributed by atoms with van der Waals surface area (Å²) in [5.41, 5.74) is 2.06. The fourth-order valence-corrected chi connectivity index (χ4v) is 1.49. The molecule has 1 aromatic rings. The maximum absolute atomic E-state index is 3.93. The van der Waals surface area contributed by atoms with Crippen molar-refractivity contribution < 1.29 is 0 Å². The minimum atomic E-state index is 0.925. The van der Waals surface area contributed by atoms with Crippen molar-refractivity contribution in [3.05, 3.63) is 40.6 Å². The number of nitrogens with zero attached hydrogens (tertiary/aromatic N) is 1. The molecule has 1 nitrogen and oxygen atoms in total. The van der Waals surface area contributed by atoms with Crippen LogP contribution in [0.25, 0.3) is 5.70 Å². The van der Waals surface area contributed by atoms with Crippen LogP contribution in [0.2, 0.25) is 0 Å². The van der Waals surface area contributed by atoms with Gasteiger partial charge in [-0.15, -0.1) is 0 Å². The van der Waals surface area contributed by atoms with E-state index < -0.39 is 0 Å². The second-order valence-corrected chi connectivity index (χ2v) is 3.03. The summed E-state index contributed by atoms with van der Waals surface area (Å²) in [4.78, 5) is 3.93. The fraction of sp³-hybridized carbons (Fsp3) is 0.100. The molecular formula is C10H11NS.